The zero-order chi connectivity index (χ0) is 44.3. The number of hydroxylamine groups is 2. The number of rotatable bonds is 20. The van der Waals surface area contributed by atoms with Gasteiger partial charge in [-0.25, -0.2) is 18.6 Å². The van der Waals surface area contributed by atoms with Crippen LogP contribution in [0.15, 0.2) is 54.7 Å². The van der Waals surface area contributed by atoms with Crippen molar-refractivity contribution in [1.82, 2.24) is 35.5 Å². The fourth-order valence-corrected chi connectivity index (χ4v) is 6.92. The van der Waals surface area contributed by atoms with Crippen LogP contribution in [-0.4, -0.2) is 91.5 Å². The molecular weight excluding hydrogens is 781 g/mol. The number of aromatic nitrogens is 2. The topological polar surface area (TPSA) is 192 Å². The van der Waals surface area contributed by atoms with Crippen molar-refractivity contribution in [1.29, 1.82) is 0 Å². The third-order valence-electron chi connectivity index (χ3n) is 9.98. The molecule has 4 N–H and O–H groups in total. The van der Waals surface area contributed by atoms with Crippen LogP contribution >= 0.6 is 0 Å². The van der Waals surface area contributed by atoms with E-state index in [1.807, 2.05) is 60.6 Å². The Morgan fingerprint density at radius 3 is 2.20 bits per heavy atom. The van der Waals surface area contributed by atoms with Gasteiger partial charge in [0, 0.05) is 57.1 Å². The van der Waals surface area contributed by atoms with Gasteiger partial charge in [0.15, 0.2) is 0 Å². The van der Waals surface area contributed by atoms with Crippen molar-refractivity contribution in [2.75, 3.05) is 13.1 Å². The maximum absolute atomic E-state index is 15.0. The summed E-state index contributed by atoms with van der Waals surface area (Å²) in [5.41, 5.74) is 0.687. The maximum Gasteiger partial charge on any atom is 0.333 e. The molecule has 326 valence electrons. The number of imide groups is 1. The summed E-state index contributed by atoms with van der Waals surface area (Å²) in [7, 11) is 0. The van der Waals surface area contributed by atoms with E-state index in [9.17, 15) is 38.3 Å². The minimum Gasteiger partial charge on any atom is -0.379 e. The number of imidazole rings is 1. The van der Waals surface area contributed by atoms with Crippen LogP contribution in [0.25, 0.3) is 11.3 Å². The molecule has 1 aliphatic rings. The first-order valence-electron chi connectivity index (χ1n) is 20.2. The summed E-state index contributed by atoms with van der Waals surface area (Å²) in [5.74, 6) is -4.65. The van der Waals surface area contributed by atoms with Crippen molar-refractivity contribution < 1.29 is 47.5 Å². The average molecular weight is 838 g/mol. The molecule has 0 aliphatic carbocycles. The highest BCUT2D eigenvalue weighted by Gasteiger charge is 2.38. The van der Waals surface area contributed by atoms with Crippen LogP contribution in [-0.2, 0) is 40.1 Å². The highest BCUT2D eigenvalue weighted by atomic mass is 19.1. The standard InChI is InChI=1S/C43H57F2N7O8/c1-26(2)38(49-34(54)15-11-16-37(57)60-52-35(55)19-20-36(52)56)42(59)47-27(3)41(58)46-21-12-22-51(28(4)53)39(43(5,6)7)40-48-33(31-23-30(44)17-18-32(31)45)25-50(40)24-29-13-9-8-10-14-29/h8-10,13-14,17-18,23,25-28,38-39,53H,11-12,15-16,19-22,24H2,1-7H3,(H,46,58)(H,47,59)(H,49,54)/t27-,28?,38-,39-/m0/s1. The van der Waals surface area contributed by atoms with E-state index in [4.69, 9.17) is 9.82 Å². The molecular formula is C43H57F2N7O8. The Bertz CT molecular complexity index is 1980. The molecule has 0 bridgehead atoms. The number of aliphatic hydroxyl groups is 1. The summed E-state index contributed by atoms with van der Waals surface area (Å²) in [5, 5.41) is 19.7. The van der Waals surface area contributed by atoms with Gasteiger partial charge in [0.25, 0.3) is 11.8 Å². The lowest BCUT2D eigenvalue weighted by molar-refractivity contribution is -0.197. The molecule has 0 saturated carbocycles. The number of nitrogens with one attached hydrogen (secondary N) is 3. The van der Waals surface area contributed by atoms with Gasteiger partial charge in [0.1, 0.15) is 35.8 Å². The number of amides is 5. The zero-order valence-electron chi connectivity index (χ0n) is 35.3. The zero-order valence-corrected chi connectivity index (χ0v) is 35.3. The number of benzene rings is 2. The average Bonchev–Trinajstić information content (AvgIpc) is 3.72. The van der Waals surface area contributed by atoms with Gasteiger partial charge in [-0.1, -0.05) is 65.0 Å². The molecule has 1 fully saturated rings. The number of nitrogens with zero attached hydrogens (tertiary/aromatic N) is 4. The largest absolute Gasteiger partial charge is 0.379 e. The Morgan fingerprint density at radius 2 is 1.58 bits per heavy atom. The molecule has 0 spiro atoms. The van der Waals surface area contributed by atoms with E-state index in [-0.39, 0.29) is 55.8 Å². The normalized spacial score (nSPS) is 15.2. The number of hydrogen-bond donors (Lipinski definition) is 4. The SMILES string of the molecule is CC(C)[C@H](NC(=O)CCCC(=O)ON1C(=O)CCC1=O)C(=O)N[C@@H](C)C(=O)NCCCN(C(C)O)[C@@H](c1nc(-c2cc(F)ccc2F)cn1Cc1ccccc1)C(C)(C)C. The van der Waals surface area contributed by atoms with Crippen molar-refractivity contribution in [3.8, 4) is 11.3 Å². The Morgan fingerprint density at radius 1 is 0.917 bits per heavy atom. The number of carbonyl (C=O) groups is 6. The molecule has 17 heteroatoms. The second kappa shape index (κ2) is 21.1. The van der Waals surface area contributed by atoms with Gasteiger partial charge in [-0.05, 0) is 61.8 Å². The fourth-order valence-electron chi connectivity index (χ4n) is 6.92. The van der Waals surface area contributed by atoms with E-state index < -0.39 is 76.9 Å². The molecule has 4 rings (SSSR count). The van der Waals surface area contributed by atoms with Crippen LogP contribution in [0, 0.1) is 23.0 Å². The summed E-state index contributed by atoms with van der Waals surface area (Å²) in [6.45, 7) is 13.5. The van der Waals surface area contributed by atoms with E-state index in [0.29, 0.717) is 30.4 Å². The molecule has 2 aromatic carbocycles. The molecule has 1 unspecified atom stereocenters. The third-order valence-corrected chi connectivity index (χ3v) is 9.98. The first-order valence-corrected chi connectivity index (χ1v) is 20.2. The Balaban J connectivity index is 1.36. The van der Waals surface area contributed by atoms with Gasteiger partial charge < -0.3 is 30.5 Å². The van der Waals surface area contributed by atoms with Gasteiger partial charge in [0.2, 0.25) is 17.7 Å². The van der Waals surface area contributed by atoms with Crippen LogP contribution in [0.1, 0.15) is 104 Å². The predicted octanol–water partition coefficient (Wildman–Crippen LogP) is 4.53. The highest BCUT2D eigenvalue weighted by Crippen LogP contribution is 2.40. The summed E-state index contributed by atoms with van der Waals surface area (Å²) < 4.78 is 31.2. The highest BCUT2D eigenvalue weighted by molar-refractivity contribution is 6.01. The molecule has 1 aliphatic heterocycles. The summed E-state index contributed by atoms with van der Waals surface area (Å²) in [4.78, 5) is 85.9. The molecule has 0 radical (unpaired) electrons. The van der Waals surface area contributed by atoms with Gasteiger partial charge in [-0.15, -0.1) is 5.06 Å². The molecule has 4 atom stereocenters. The van der Waals surface area contributed by atoms with Crippen molar-refractivity contribution in [3.05, 3.63) is 77.8 Å². The minimum absolute atomic E-state index is 0.0121. The lowest BCUT2D eigenvalue weighted by Gasteiger charge is -2.41. The molecule has 15 nitrogen and oxygen atoms in total. The Kier molecular flexibility index (Phi) is 16.6. The number of carbonyl (C=O) groups excluding carboxylic acids is 6. The van der Waals surface area contributed by atoms with Gasteiger partial charge in [0.05, 0.1) is 11.7 Å². The van der Waals surface area contributed by atoms with Crippen molar-refractivity contribution in [3.63, 3.8) is 0 Å². The summed E-state index contributed by atoms with van der Waals surface area (Å²) in [6.07, 6.45) is 0.713. The molecule has 60 heavy (non-hydrogen) atoms. The molecule has 1 aromatic heterocycles. The molecule has 3 aromatic rings. The van der Waals surface area contributed by atoms with Crippen LogP contribution in [0.3, 0.4) is 0 Å². The maximum atomic E-state index is 15.0. The summed E-state index contributed by atoms with van der Waals surface area (Å²) in [6, 6.07) is 10.4. The van der Waals surface area contributed by atoms with Crippen LogP contribution < -0.4 is 16.0 Å². The smallest absolute Gasteiger partial charge is 0.333 e. The first-order chi connectivity index (χ1) is 28.3. The van der Waals surface area contributed by atoms with E-state index in [2.05, 4.69) is 16.0 Å². The van der Waals surface area contributed by atoms with Crippen LogP contribution in [0.4, 0.5) is 8.78 Å². The lowest BCUT2D eigenvalue weighted by atomic mass is 9.84. The summed E-state index contributed by atoms with van der Waals surface area (Å²) >= 11 is 0. The van der Waals surface area contributed by atoms with Gasteiger partial charge in [-0.2, -0.15) is 0 Å². The van der Waals surface area contributed by atoms with E-state index >= 15 is 4.39 Å². The monoisotopic (exact) mass is 837 g/mol. The van der Waals surface area contributed by atoms with Crippen LogP contribution in [0.2, 0.25) is 0 Å². The third kappa shape index (κ3) is 13.0. The quantitative estimate of drug-likeness (QED) is 0.0714. The predicted molar refractivity (Wildman–Crippen MR) is 217 cm³/mol. The van der Waals surface area contributed by atoms with E-state index in [1.54, 1.807) is 27.0 Å². The van der Waals surface area contributed by atoms with Crippen molar-refractivity contribution in [2.45, 2.75) is 118 Å². The van der Waals surface area contributed by atoms with Crippen molar-refractivity contribution >= 4 is 35.5 Å². The molecule has 5 amide bonds. The van der Waals surface area contributed by atoms with Crippen LogP contribution in [0.5, 0.6) is 0 Å². The second-order valence-electron chi connectivity index (χ2n) is 16.4. The second-order valence-corrected chi connectivity index (χ2v) is 16.4. The molecule has 2 heterocycles. The Labute approximate surface area is 349 Å². The first kappa shape index (κ1) is 47.1. The number of halogens is 2. The van der Waals surface area contributed by atoms with E-state index in [1.165, 1.54) is 6.92 Å². The van der Waals surface area contributed by atoms with Gasteiger partial charge >= 0.3 is 5.97 Å². The lowest BCUT2D eigenvalue weighted by Crippen LogP contribution is -2.54. The van der Waals surface area contributed by atoms with Crippen molar-refractivity contribution in [2.24, 2.45) is 11.3 Å². The number of hydrogen-bond acceptors (Lipinski definition) is 10. The van der Waals surface area contributed by atoms with E-state index in [0.717, 1.165) is 23.8 Å². The van der Waals surface area contributed by atoms with Gasteiger partial charge in [-0.3, -0.25) is 28.9 Å². The fraction of sp³-hybridized carbons (Fsp3) is 0.512. The molecule has 1 saturated heterocycles. The number of aliphatic hydroxyl groups excluding tert-OH is 1. The Hall–Kier alpha value is -5.55. The minimum atomic E-state index is -0.985.